The molecular formula is C16H18N6O. The molecule has 2 aromatic heterocycles. The Morgan fingerprint density at radius 1 is 1.22 bits per heavy atom. The normalized spacial score (nSPS) is 13.8. The molecule has 0 saturated heterocycles. The lowest BCUT2D eigenvalue weighted by molar-refractivity contribution is 0.342. The minimum Gasteiger partial charge on any atom is -0.492 e. The van der Waals surface area contributed by atoms with E-state index in [0.717, 1.165) is 48.6 Å². The maximum absolute atomic E-state index is 5.71. The summed E-state index contributed by atoms with van der Waals surface area (Å²) in [6, 6.07) is 7.90. The van der Waals surface area contributed by atoms with Gasteiger partial charge in [-0.2, -0.15) is 4.52 Å². The smallest absolute Gasteiger partial charge is 0.275 e. The van der Waals surface area contributed by atoms with Crippen LogP contribution in [0.3, 0.4) is 0 Å². The third-order valence-electron chi connectivity index (χ3n) is 4.06. The van der Waals surface area contributed by atoms with Crippen molar-refractivity contribution < 1.29 is 4.74 Å². The van der Waals surface area contributed by atoms with Gasteiger partial charge in [0.25, 0.3) is 5.78 Å². The number of para-hydroxylation sites is 2. The summed E-state index contributed by atoms with van der Waals surface area (Å²) in [5.41, 5.74) is 3.20. The predicted molar refractivity (Wildman–Crippen MR) is 86.1 cm³/mol. The summed E-state index contributed by atoms with van der Waals surface area (Å²) in [7, 11) is 0. The monoisotopic (exact) mass is 310 g/mol. The molecule has 0 spiro atoms. The number of aryl methyl sites for hydroxylation is 1. The van der Waals surface area contributed by atoms with E-state index in [4.69, 9.17) is 4.74 Å². The van der Waals surface area contributed by atoms with Gasteiger partial charge >= 0.3 is 0 Å². The van der Waals surface area contributed by atoms with E-state index in [0.29, 0.717) is 12.4 Å². The quantitative estimate of drug-likeness (QED) is 0.798. The Balaban J connectivity index is 1.84. The van der Waals surface area contributed by atoms with Gasteiger partial charge < -0.3 is 10.1 Å². The van der Waals surface area contributed by atoms with Crippen molar-refractivity contribution in [2.45, 2.75) is 32.6 Å². The second-order valence-corrected chi connectivity index (χ2v) is 5.54. The van der Waals surface area contributed by atoms with Crippen molar-refractivity contribution in [2.24, 2.45) is 0 Å². The summed E-state index contributed by atoms with van der Waals surface area (Å²) < 4.78 is 7.38. The van der Waals surface area contributed by atoms with Crippen molar-refractivity contribution in [3.05, 3.63) is 35.5 Å². The van der Waals surface area contributed by atoms with Crippen molar-refractivity contribution in [3.8, 4) is 5.75 Å². The second-order valence-electron chi connectivity index (χ2n) is 5.54. The van der Waals surface area contributed by atoms with Gasteiger partial charge in [-0.1, -0.05) is 17.2 Å². The maximum Gasteiger partial charge on any atom is 0.275 e. The van der Waals surface area contributed by atoms with Crippen LogP contribution in [-0.4, -0.2) is 31.6 Å². The van der Waals surface area contributed by atoms with Crippen molar-refractivity contribution in [1.82, 2.24) is 25.0 Å². The summed E-state index contributed by atoms with van der Waals surface area (Å²) in [5.74, 6) is 2.24. The van der Waals surface area contributed by atoms with Crippen LogP contribution in [0.1, 0.15) is 31.0 Å². The van der Waals surface area contributed by atoms with Crippen molar-refractivity contribution in [3.63, 3.8) is 0 Å². The van der Waals surface area contributed by atoms with E-state index < -0.39 is 0 Å². The van der Waals surface area contributed by atoms with Gasteiger partial charge in [-0.15, -0.1) is 0 Å². The van der Waals surface area contributed by atoms with Crippen LogP contribution in [0.5, 0.6) is 5.75 Å². The molecule has 0 atom stereocenters. The van der Waals surface area contributed by atoms with E-state index >= 15 is 0 Å². The molecule has 0 aliphatic heterocycles. The fourth-order valence-corrected chi connectivity index (χ4v) is 3.02. The molecule has 0 fully saturated rings. The van der Waals surface area contributed by atoms with Gasteiger partial charge in [0.1, 0.15) is 11.6 Å². The highest BCUT2D eigenvalue weighted by atomic mass is 16.5. The highest BCUT2D eigenvalue weighted by Crippen LogP contribution is 2.32. The third-order valence-corrected chi connectivity index (χ3v) is 4.06. The Bertz CT molecular complexity index is 844. The second kappa shape index (κ2) is 5.83. The van der Waals surface area contributed by atoms with Crippen LogP contribution in [0.2, 0.25) is 0 Å². The Morgan fingerprint density at radius 2 is 2.09 bits per heavy atom. The number of nitrogens with zero attached hydrogens (tertiary/aromatic N) is 5. The topological polar surface area (TPSA) is 77.2 Å². The van der Waals surface area contributed by atoms with E-state index in [1.165, 1.54) is 5.56 Å². The van der Waals surface area contributed by atoms with Gasteiger partial charge in [-0.3, -0.25) is 0 Å². The standard InChI is InChI=1S/C16H18N6O/c1-2-23-14-10-6-5-9-13(14)17-15-11-7-3-4-8-12(11)18-16-19-20-21-22(15)16/h5-6,9-10,17H,2-4,7-8H2,1H3. The molecule has 0 radical (unpaired) electrons. The van der Waals surface area contributed by atoms with Gasteiger partial charge in [0.2, 0.25) is 0 Å². The molecule has 7 nitrogen and oxygen atoms in total. The zero-order valence-electron chi connectivity index (χ0n) is 13.0. The van der Waals surface area contributed by atoms with Crippen LogP contribution in [0.15, 0.2) is 24.3 Å². The summed E-state index contributed by atoms with van der Waals surface area (Å²) in [6.45, 7) is 2.60. The Hall–Kier alpha value is -2.70. The summed E-state index contributed by atoms with van der Waals surface area (Å²) in [6.07, 6.45) is 4.27. The number of tetrazole rings is 1. The number of ether oxygens (including phenoxy) is 1. The van der Waals surface area contributed by atoms with E-state index in [9.17, 15) is 0 Å². The number of fused-ring (bicyclic) bond motifs is 2. The van der Waals surface area contributed by atoms with Crippen molar-refractivity contribution in [2.75, 3.05) is 11.9 Å². The molecule has 1 aliphatic rings. The molecule has 1 aliphatic carbocycles. The molecule has 0 unspecified atom stereocenters. The predicted octanol–water partition coefficient (Wildman–Crippen LogP) is 2.54. The number of hydrogen-bond donors (Lipinski definition) is 1. The average molecular weight is 310 g/mol. The highest BCUT2D eigenvalue weighted by molar-refractivity contribution is 5.68. The first-order valence-corrected chi connectivity index (χ1v) is 7.95. The van der Waals surface area contributed by atoms with Crippen LogP contribution in [0.4, 0.5) is 11.5 Å². The van der Waals surface area contributed by atoms with Gasteiger partial charge in [0.15, 0.2) is 0 Å². The van der Waals surface area contributed by atoms with Gasteiger partial charge in [0, 0.05) is 5.56 Å². The molecule has 23 heavy (non-hydrogen) atoms. The number of nitrogens with one attached hydrogen (secondary N) is 1. The van der Waals surface area contributed by atoms with Gasteiger partial charge in [-0.05, 0) is 55.2 Å². The first kappa shape index (κ1) is 13.9. The minimum atomic E-state index is 0.530. The summed E-state index contributed by atoms with van der Waals surface area (Å²) in [5, 5.41) is 15.3. The molecule has 1 N–H and O–H groups in total. The SMILES string of the molecule is CCOc1ccccc1Nc1c2c(nc3nnnn13)CCCC2. The number of benzene rings is 1. The lowest BCUT2D eigenvalue weighted by Gasteiger charge is -2.20. The number of rotatable bonds is 4. The first-order chi connectivity index (χ1) is 11.4. The zero-order chi connectivity index (χ0) is 15.6. The molecule has 7 heteroatoms. The number of hydrogen-bond acceptors (Lipinski definition) is 6. The first-order valence-electron chi connectivity index (χ1n) is 7.95. The fraction of sp³-hybridized carbons (Fsp3) is 0.375. The van der Waals surface area contributed by atoms with E-state index in [1.807, 2.05) is 31.2 Å². The van der Waals surface area contributed by atoms with Crippen LogP contribution >= 0.6 is 0 Å². The lowest BCUT2D eigenvalue weighted by Crippen LogP contribution is -2.14. The molecular weight excluding hydrogens is 292 g/mol. The molecule has 4 rings (SSSR count). The van der Waals surface area contributed by atoms with Gasteiger partial charge in [-0.25, -0.2) is 4.98 Å². The number of aromatic nitrogens is 5. The molecule has 118 valence electrons. The number of anilines is 2. The lowest BCUT2D eigenvalue weighted by atomic mass is 9.96. The minimum absolute atomic E-state index is 0.530. The van der Waals surface area contributed by atoms with Gasteiger partial charge in [0.05, 0.1) is 18.0 Å². The Kier molecular flexibility index (Phi) is 3.53. The Labute approximate surface area is 133 Å². The van der Waals surface area contributed by atoms with Crippen LogP contribution in [0.25, 0.3) is 5.78 Å². The fourth-order valence-electron chi connectivity index (χ4n) is 3.02. The molecule has 2 heterocycles. The van der Waals surface area contributed by atoms with Crippen molar-refractivity contribution in [1.29, 1.82) is 0 Å². The molecule has 0 bridgehead atoms. The van der Waals surface area contributed by atoms with E-state index in [1.54, 1.807) is 4.52 Å². The summed E-state index contributed by atoms with van der Waals surface area (Å²) >= 11 is 0. The highest BCUT2D eigenvalue weighted by Gasteiger charge is 2.20. The molecule has 0 saturated carbocycles. The zero-order valence-corrected chi connectivity index (χ0v) is 13.0. The van der Waals surface area contributed by atoms with E-state index in [-0.39, 0.29) is 0 Å². The van der Waals surface area contributed by atoms with Crippen LogP contribution < -0.4 is 10.1 Å². The summed E-state index contributed by atoms with van der Waals surface area (Å²) in [4.78, 5) is 4.59. The maximum atomic E-state index is 5.71. The average Bonchev–Trinajstić information content (AvgIpc) is 3.05. The largest absolute Gasteiger partial charge is 0.492 e. The molecule has 3 aromatic rings. The van der Waals surface area contributed by atoms with Crippen LogP contribution in [-0.2, 0) is 12.8 Å². The third kappa shape index (κ3) is 2.48. The molecule has 1 aromatic carbocycles. The van der Waals surface area contributed by atoms with E-state index in [2.05, 4.69) is 25.8 Å². The Morgan fingerprint density at radius 3 is 3.00 bits per heavy atom. The van der Waals surface area contributed by atoms with Crippen molar-refractivity contribution >= 4 is 17.3 Å². The van der Waals surface area contributed by atoms with Crippen LogP contribution in [0, 0.1) is 0 Å². The molecule has 0 amide bonds.